The van der Waals surface area contributed by atoms with Crippen LogP contribution in [-0.4, -0.2) is 50.4 Å². The Balaban J connectivity index is 0.000000589. The second-order valence-corrected chi connectivity index (χ2v) is 43.0. The van der Waals surface area contributed by atoms with Gasteiger partial charge in [0.2, 0.25) is 23.6 Å². The Morgan fingerprint density at radius 3 is 0.689 bits per heavy atom. The number of rotatable bonds is 1. The molecule has 0 unspecified atom stereocenters. The molecule has 8 rings (SSSR count). The molecule has 0 radical (unpaired) electrons. The van der Waals surface area contributed by atoms with E-state index in [1.54, 1.807) is 12.5 Å². The summed E-state index contributed by atoms with van der Waals surface area (Å²) >= 11 is 0. The van der Waals surface area contributed by atoms with E-state index in [-0.39, 0.29) is 81.2 Å². The molecule has 18 nitrogen and oxygen atoms in total. The minimum absolute atomic E-state index is 0.00347. The zero-order chi connectivity index (χ0) is 81.3. The van der Waals surface area contributed by atoms with Gasteiger partial charge in [-0.1, -0.05) is 336 Å². The molecular weight excluding hydrogens is 1290 g/mol. The van der Waals surface area contributed by atoms with Crippen LogP contribution in [0.4, 0.5) is 0 Å². The number of oxazole rings is 4. The minimum atomic E-state index is -0.0590. The summed E-state index contributed by atoms with van der Waals surface area (Å²) in [6, 6.07) is 4.17. The van der Waals surface area contributed by atoms with Crippen LogP contribution in [0, 0.1) is 0 Å². The van der Waals surface area contributed by atoms with Crippen molar-refractivity contribution in [3.05, 3.63) is 130 Å². The van der Waals surface area contributed by atoms with Gasteiger partial charge in [0, 0.05) is 87.1 Å². The second-order valence-electron chi connectivity index (χ2n) is 43.0. The van der Waals surface area contributed by atoms with E-state index in [0.717, 1.165) is 75.5 Å². The van der Waals surface area contributed by atoms with Gasteiger partial charge in [0.25, 0.3) is 0 Å². The topological polar surface area (TPSA) is 234 Å². The maximum Gasteiger partial charge on any atom is 0.232 e. The zero-order valence-corrected chi connectivity index (χ0v) is 74.3. The lowest BCUT2D eigenvalue weighted by atomic mass is 9.92. The highest BCUT2D eigenvalue weighted by molar-refractivity contribution is 5.19. The largest absolute Gasteiger partial charge is 0.465 e. The molecule has 8 heterocycles. The van der Waals surface area contributed by atoms with Crippen molar-refractivity contribution in [1.82, 2.24) is 50.4 Å². The molecule has 0 aromatic carbocycles. The Kier molecular flexibility index (Phi) is 31.2. The molecule has 586 valence electrons. The lowest BCUT2D eigenvalue weighted by Gasteiger charge is -2.17. The molecule has 0 aliphatic heterocycles. The fourth-order valence-corrected chi connectivity index (χ4v) is 7.44. The Morgan fingerprint density at radius 1 is 0.252 bits per heavy atom. The van der Waals surface area contributed by atoms with Crippen LogP contribution in [0.3, 0.4) is 0 Å². The van der Waals surface area contributed by atoms with Gasteiger partial charge in [0.05, 0.1) is 23.8 Å². The van der Waals surface area contributed by atoms with Crippen molar-refractivity contribution < 1.29 is 35.5 Å². The Labute approximate surface area is 625 Å². The molecule has 8 aromatic rings. The highest BCUT2D eigenvalue weighted by Crippen LogP contribution is 2.35. The van der Waals surface area contributed by atoms with Gasteiger partial charge in [0.15, 0.2) is 35.2 Å². The van der Waals surface area contributed by atoms with E-state index in [0.29, 0.717) is 23.6 Å². The summed E-state index contributed by atoms with van der Waals surface area (Å²) in [6.45, 7) is 98.9. The van der Waals surface area contributed by atoms with E-state index in [4.69, 9.17) is 35.5 Å². The average molecular weight is 1440 g/mol. The van der Waals surface area contributed by atoms with Gasteiger partial charge in [-0.25, -0.2) is 19.9 Å². The molecular formula is C85H148N10O8. The van der Waals surface area contributed by atoms with Crippen molar-refractivity contribution in [3.8, 4) is 0 Å². The fraction of sp³-hybridized carbons (Fsp3) is 0.741. The third-order valence-corrected chi connectivity index (χ3v) is 14.7. The molecule has 0 N–H and O–H groups in total. The predicted molar refractivity (Wildman–Crippen MR) is 422 cm³/mol. The summed E-state index contributed by atoms with van der Waals surface area (Å²) in [4.78, 5) is 26.2. The first-order valence-electron chi connectivity index (χ1n) is 36.9. The maximum atomic E-state index is 5.81. The summed E-state index contributed by atoms with van der Waals surface area (Å²) in [5.41, 5.74) is 2.32. The van der Waals surface area contributed by atoms with Gasteiger partial charge in [-0.2, -0.15) is 9.97 Å². The van der Waals surface area contributed by atoms with Crippen LogP contribution in [0.25, 0.3) is 0 Å². The summed E-state index contributed by atoms with van der Waals surface area (Å²) in [6.07, 6.45) is 7.20. The van der Waals surface area contributed by atoms with E-state index < -0.39 is 0 Å². The number of hydrogen-bond acceptors (Lipinski definition) is 18. The molecule has 18 heteroatoms. The predicted octanol–water partition coefficient (Wildman–Crippen LogP) is 24.8. The first kappa shape index (κ1) is 94.6. The lowest BCUT2D eigenvalue weighted by Crippen LogP contribution is -2.15. The van der Waals surface area contributed by atoms with Crippen molar-refractivity contribution >= 4 is 0 Å². The van der Waals surface area contributed by atoms with Gasteiger partial charge in [-0.3, -0.25) is 0 Å². The number of hydrogen-bond donors (Lipinski definition) is 0. The average Bonchev–Trinajstić information content (AvgIpc) is 1.75. The van der Waals surface area contributed by atoms with Crippen LogP contribution >= 0.6 is 0 Å². The SMILES string of the molecule is CC(C)(C)c1ccc(C(C)(C)C)o1.CC(C)(C)c1cnc(C(C)(C)C)o1.CC(C)(C)c1cnc(C(C)(C)C)o1.CC(C)(C)c1coc(C(C)(C)C)n1.CC(C)(C)c1coc(C(C)(C)C)n1.CC(C)(C)c1nnc(C(C)(C)C)o1.CC(C)(C)c1noc(C(C)(C)C)n1.CC(C)c1nc(C(C)(C)C)no1. The number of aromatic nitrogens is 10. The van der Waals surface area contributed by atoms with Crippen LogP contribution in [0.15, 0.2) is 72.6 Å². The first-order valence-corrected chi connectivity index (χ1v) is 36.9. The van der Waals surface area contributed by atoms with E-state index in [9.17, 15) is 0 Å². The first-order chi connectivity index (χ1) is 45.4. The molecule has 0 fully saturated rings. The monoisotopic (exact) mass is 1440 g/mol. The highest BCUT2D eigenvalue weighted by Gasteiger charge is 2.32. The summed E-state index contributed by atoms with van der Waals surface area (Å²) in [5, 5.41) is 16.0. The van der Waals surface area contributed by atoms with Gasteiger partial charge in [-0.05, 0) is 12.1 Å². The minimum Gasteiger partial charge on any atom is -0.465 e. The normalized spacial score (nSPS) is 13.3. The van der Waals surface area contributed by atoms with Gasteiger partial charge in [0.1, 0.15) is 35.6 Å². The molecule has 0 aliphatic carbocycles. The number of furan rings is 1. The summed E-state index contributed by atoms with van der Waals surface area (Å²) in [7, 11) is 0. The molecule has 0 aliphatic rings. The summed E-state index contributed by atoms with van der Waals surface area (Å²) < 4.78 is 44.0. The van der Waals surface area contributed by atoms with Crippen molar-refractivity contribution in [2.75, 3.05) is 0 Å². The standard InChI is InChI=1S/C12H20O.4C11H19NO.2C10H18N2O.C9H16N2O/c1-11(2,3)9-7-8-10(13-9)12(4,5)6;2*1-10(2,3)8-7-13-9(12-8)11(4,5)6;2*1-10(2,3)8-7-12-9(13-8)11(4,5)6;1-9(2,3)7-11-12-8(13-7)10(4,5)6;1-9(2,3)7-11-8(13-12-7)10(4,5)6;1-6(2)7-10-8(11-12-7)9(3,4)5/h7-8H,1-6H3;4*7H,1-6H3;2*1-6H3;6H,1-5H3. The lowest BCUT2D eigenvalue weighted by molar-refractivity contribution is 0.314. The van der Waals surface area contributed by atoms with E-state index in [1.165, 1.54) is 0 Å². The van der Waals surface area contributed by atoms with E-state index >= 15 is 0 Å². The molecule has 0 saturated carbocycles. The molecule has 0 saturated heterocycles. The molecule has 0 atom stereocenters. The van der Waals surface area contributed by atoms with E-state index in [2.05, 4.69) is 374 Å². The third-order valence-electron chi connectivity index (χ3n) is 14.7. The van der Waals surface area contributed by atoms with Crippen LogP contribution in [0.2, 0.25) is 0 Å². The maximum absolute atomic E-state index is 5.81. The van der Waals surface area contributed by atoms with Crippen molar-refractivity contribution in [2.24, 2.45) is 0 Å². The quantitative estimate of drug-likeness (QED) is 0.149. The smallest absolute Gasteiger partial charge is 0.232 e. The summed E-state index contributed by atoms with van der Waals surface area (Å²) in [5.74, 6) is 12.0. The fourth-order valence-electron chi connectivity index (χ4n) is 7.44. The Morgan fingerprint density at radius 2 is 0.534 bits per heavy atom. The highest BCUT2D eigenvalue weighted by atomic mass is 16.5. The van der Waals surface area contributed by atoms with Gasteiger partial charge < -0.3 is 35.5 Å². The molecule has 0 bridgehead atoms. The molecule has 8 aromatic heterocycles. The van der Waals surface area contributed by atoms with Crippen LogP contribution in [0.5, 0.6) is 0 Å². The van der Waals surface area contributed by atoms with Gasteiger partial charge in [-0.15, -0.1) is 10.2 Å². The Hall–Kier alpha value is -6.46. The number of nitrogens with zero attached hydrogens (tertiary/aromatic N) is 10. The van der Waals surface area contributed by atoms with Gasteiger partial charge >= 0.3 is 0 Å². The Bertz CT molecular complexity index is 2930. The van der Waals surface area contributed by atoms with Crippen molar-refractivity contribution in [3.63, 3.8) is 0 Å². The van der Waals surface area contributed by atoms with Crippen molar-refractivity contribution in [1.29, 1.82) is 0 Å². The van der Waals surface area contributed by atoms with Crippen LogP contribution in [-0.2, 0) is 81.2 Å². The molecule has 103 heavy (non-hydrogen) atoms. The third kappa shape index (κ3) is 32.8. The van der Waals surface area contributed by atoms with E-state index in [1.807, 2.05) is 26.2 Å². The van der Waals surface area contributed by atoms with Crippen molar-refractivity contribution in [2.45, 2.75) is 413 Å². The van der Waals surface area contributed by atoms with Crippen LogP contribution in [0.1, 0.15) is 425 Å². The van der Waals surface area contributed by atoms with Crippen LogP contribution < -0.4 is 0 Å². The zero-order valence-electron chi connectivity index (χ0n) is 74.3. The second kappa shape index (κ2) is 34.0. The molecule has 0 amide bonds. The molecule has 0 spiro atoms.